The molecule has 3 nitrogen and oxygen atoms in total. The average Bonchev–Trinajstić information content (AvgIpc) is 2.67. The zero-order chi connectivity index (χ0) is 9.97. The third kappa shape index (κ3) is 1.78. The van der Waals surface area contributed by atoms with Crippen LogP contribution in [0.3, 0.4) is 0 Å². The Balaban J connectivity index is 2.34. The molecule has 0 amide bonds. The summed E-state index contributed by atoms with van der Waals surface area (Å²) in [5.41, 5.74) is 6.31. The summed E-state index contributed by atoms with van der Waals surface area (Å²) in [5.74, 6) is 1.25. The van der Waals surface area contributed by atoms with Gasteiger partial charge in [-0.15, -0.1) is 0 Å². The number of benzene rings is 1. The fourth-order valence-electron chi connectivity index (χ4n) is 1.13. The minimum Gasteiger partial charge on any atom is -0.440 e. The molecule has 0 aliphatic carbocycles. The van der Waals surface area contributed by atoms with Gasteiger partial charge in [0.25, 0.3) is 0 Å². The average molecular weight is 209 g/mol. The number of halogens is 1. The Labute approximate surface area is 86.5 Å². The SMILES string of the molecule is NCc1cnc(-c2ccc(Cl)cc2)o1. The summed E-state index contributed by atoms with van der Waals surface area (Å²) in [6.07, 6.45) is 1.63. The molecule has 0 aliphatic rings. The molecule has 0 unspecified atom stereocenters. The lowest BCUT2D eigenvalue weighted by Crippen LogP contribution is -1.92. The minimum absolute atomic E-state index is 0.362. The highest BCUT2D eigenvalue weighted by molar-refractivity contribution is 6.30. The van der Waals surface area contributed by atoms with Crippen molar-refractivity contribution < 1.29 is 4.42 Å². The summed E-state index contributed by atoms with van der Waals surface area (Å²) < 4.78 is 5.38. The van der Waals surface area contributed by atoms with Crippen LogP contribution in [0.15, 0.2) is 34.9 Å². The van der Waals surface area contributed by atoms with Crippen LogP contribution in [0.25, 0.3) is 11.5 Å². The number of aromatic nitrogens is 1. The van der Waals surface area contributed by atoms with Crippen LogP contribution in [-0.4, -0.2) is 4.98 Å². The highest BCUT2D eigenvalue weighted by atomic mass is 35.5. The first kappa shape index (κ1) is 9.24. The van der Waals surface area contributed by atoms with Crippen molar-refractivity contribution in [3.63, 3.8) is 0 Å². The molecule has 1 aromatic heterocycles. The van der Waals surface area contributed by atoms with Gasteiger partial charge in [0.05, 0.1) is 12.7 Å². The van der Waals surface area contributed by atoms with E-state index < -0.39 is 0 Å². The molecule has 0 fully saturated rings. The van der Waals surface area contributed by atoms with Crippen LogP contribution >= 0.6 is 11.6 Å². The third-order valence-corrected chi connectivity index (χ3v) is 2.10. The van der Waals surface area contributed by atoms with E-state index in [-0.39, 0.29) is 0 Å². The molecule has 0 radical (unpaired) electrons. The van der Waals surface area contributed by atoms with Crippen LogP contribution < -0.4 is 5.73 Å². The van der Waals surface area contributed by atoms with E-state index in [4.69, 9.17) is 21.8 Å². The minimum atomic E-state index is 0.362. The van der Waals surface area contributed by atoms with E-state index in [2.05, 4.69) is 4.98 Å². The molecule has 0 atom stereocenters. The van der Waals surface area contributed by atoms with E-state index in [0.29, 0.717) is 23.2 Å². The lowest BCUT2D eigenvalue weighted by Gasteiger charge is -1.94. The third-order valence-electron chi connectivity index (χ3n) is 1.85. The molecule has 0 spiro atoms. The standard InChI is InChI=1S/C10H9ClN2O/c11-8-3-1-7(2-4-8)10-13-6-9(5-12)14-10/h1-4,6H,5,12H2. The second-order valence-electron chi connectivity index (χ2n) is 2.84. The lowest BCUT2D eigenvalue weighted by atomic mass is 10.2. The normalized spacial score (nSPS) is 10.4. The van der Waals surface area contributed by atoms with E-state index in [9.17, 15) is 0 Å². The molecule has 0 bridgehead atoms. The van der Waals surface area contributed by atoms with E-state index in [1.807, 2.05) is 12.1 Å². The topological polar surface area (TPSA) is 52.0 Å². The van der Waals surface area contributed by atoms with Crippen molar-refractivity contribution in [3.05, 3.63) is 41.2 Å². The lowest BCUT2D eigenvalue weighted by molar-refractivity contribution is 0.521. The van der Waals surface area contributed by atoms with Crippen molar-refractivity contribution in [1.82, 2.24) is 4.98 Å². The first-order valence-electron chi connectivity index (χ1n) is 4.20. The summed E-state index contributed by atoms with van der Waals surface area (Å²) >= 11 is 5.76. The van der Waals surface area contributed by atoms with Crippen molar-refractivity contribution in [1.29, 1.82) is 0 Å². The molecule has 0 saturated heterocycles. The predicted molar refractivity (Wildman–Crippen MR) is 54.8 cm³/mol. The smallest absolute Gasteiger partial charge is 0.226 e. The number of oxazole rings is 1. The fraction of sp³-hybridized carbons (Fsp3) is 0.100. The Kier molecular flexibility index (Phi) is 2.52. The molecule has 72 valence electrons. The van der Waals surface area contributed by atoms with Crippen molar-refractivity contribution in [3.8, 4) is 11.5 Å². The quantitative estimate of drug-likeness (QED) is 0.825. The summed E-state index contributed by atoms with van der Waals surface area (Å²) in [4.78, 5) is 4.10. The Morgan fingerprint density at radius 3 is 2.57 bits per heavy atom. The Morgan fingerprint density at radius 2 is 2.00 bits per heavy atom. The summed E-state index contributed by atoms with van der Waals surface area (Å²) in [6.45, 7) is 0.362. The summed E-state index contributed by atoms with van der Waals surface area (Å²) in [6, 6.07) is 7.30. The largest absolute Gasteiger partial charge is 0.440 e. The molecule has 14 heavy (non-hydrogen) atoms. The monoisotopic (exact) mass is 208 g/mol. The van der Waals surface area contributed by atoms with Gasteiger partial charge in [-0.3, -0.25) is 0 Å². The summed E-state index contributed by atoms with van der Waals surface area (Å²) in [7, 11) is 0. The summed E-state index contributed by atoms with van der Waals surface area (Å²) in [5, 5.41) is 0.694. The van der Waals surface area contributed by atoms with Crippen LogP contribution in [0.1, 0.15) is 5.76 Å². The molecule has 0 aliphatic heterocycles. The van der Waals surface area contributed by atoms with Crippen LogP contribution in [-0.2, 0) is 6.54 Å². The number of nitrogens with zero attached hydrogens (tertiary/aromatic N) is 1. The van der Waals surface area contributed by atoms with Crippen LogP contribution in [0.5, 0.6) is 0 Å². The number of hydrogen-bond acceptors (Lipinski definition) is 3. The van der Waals surface area contributed by atoms with Crippen molar-refractivity contribution in [2.75, 3.05) is 0 Å². The maximum absolute atomic E-state index is 5.76. The zero-order valence-electron chi connectivity index (χ0n) is 7.40. The second kappa shape index (κ2) is 3.82. The van der Waals surface area contributed by atoms with Gasteiger partial charge >= 0.3 is 0 Å². The van der Waals surface area contributed by atoms with Crippen molar-refractivity contribution >= 4 is 11.6 Å². The fourth-order valence-corrected chi connectivity index (χ4v) is 1.25. The molecule has 4 heteroatoms. The first-order chi connectivity index (χ1) is 6.79. The van der Waals surface area contributed by atoms with Crippen LogP contribution in [0.2, 0.25) is 5.02 Å². The van der Waals surface area contributed by atoms with E-state index in [0.717, 1.165) is 5.56 Å². The van der Waals surface area contributed by atoms with Gasteiger partial charge in [0, 0.05) is 10.6 Å². The van der Waals surface area contributed by atoms with Gasteiger partial charge in [-0.1, -0.05) is 11.6 Å². The van der Waals surface area contributed by atoms with Gasteiger partial charge in [0.1, 0.15) is 5.76 Å². The molecule has 1 aromatic carbocycles. The zero-order valence-corrected chi connectivity index (χ0v) is 8.16. The molecule has 2 N–H and O–H groups in total. The predicted octanol–water partition coefficient (Wildman–Crippen LogP) is 2.45. The van der Waals surface area contributed by atoms with Gasteiger partial charge in [-0.05, 0) is 24.3 Å². The molecule has 2 rings (SSSR count). The van der Waals surface area contributed by atoms with Gasteiger partial charge in [-0.2, -0.15) is 0 Å². The molecule has 0 saturated carbocycles. The number of nitrogens with two attached hydrogens (primary N) is 1. The maximum atomic E-state index is 5.76. The molecule has 1 heterocycles. The van der Waals surface area contributed by atoms with Gasteiger partial charge < -0.3 is 10.2 Å². The van der Waals surface area contributed by atoms with E-state index >= 15 is 0 Å². The Hall–Kier alpha value is -1.32. The van der Waals surface area contributed by atoms with E-state index in [1.165, 1.54) is 0 Å². The molecular formula is C10H9ClN2O. The maximum Gasteiger partial charge on any atom is 0.226 e. The Morgan fingerprint density at radius 1 is 1.29 bits per heavy atom. The molecule has 2 aromatic rings. The van der Waals surface area contributed by atoms with Crippen LogP contribution in [0, 0.1) is 0 Å². The second-order valence-corrected chi connectivity index (χ2v) is 3.28. The van der Waals surface area contributed by atoms with Crippen molar-refractivity contribution in [2.45, 2.75) is 6.54 Å². The highest BCUT2D eigenvalue weighted by Crippen LogP contribution is 2.20. The van der Waals surface area contributed by atoms with Crippen LogP contribution in [0.4, 0.5) is 0 Å². The van der Waals surface area contributed by atoms with Gasteiger partial charge in [0.2, 0.25) is 5.89 Å². The highest BCUT2D eigenvalue weighted by Gasteiger charge is 2.04. The first-order valence-corrected chi connectivity index (χ1v) is 4.58. The van der Waals surface area contributed by atoms with Gasteiger partial charge in [-0.25, -0.2) is 4.98 Å². The molecular weight excluding hydrogens is 200 g/mol. The van der Waals surface area contributed by atoms with Gasteiger partial charge in [0.15, 0.2) is 0 Å². The number of rotatable bonds is 2. The van der Waals surface area contributed by atoms with Crippen molar-refractivity contribution in [2.24, 2.45) is 5.73 Å². The van der Waals surface area contributed by atoms with E-state index in [1.54, 1.807) is 18.3 Å². The number of hydrogen-bond donors (Lipinski definition) is 1. The Bertz CT molecular complexity index is 422.